The number of benzene rings is 2. The van der Waals surface area contributed by atoms with E-state index in [1.807, 2.05) is 5.32 Å². The minimum atomic E-state index is -5.05. The van der Waals surface area contributed by atoms with Crippen molar-refractivity contribution in [1.82, 2.24) is 4.31 Å². The fourth-order valence-electron chi connectivity index (χ4n) is 3.39. The zero-order valence-electron chi connectivity index (χ0n) is 17.8. The van der Waals surface area contributed by atoms with Crippen LogP contribution < -0.4 is 10.1 Å². The fraction of sp³-hybridized carbons (Fsp3) is 0.381. The summed E-state index contributed by atoms with van der Waals surface area (Å²) in [5.41, 5.74) is -3.44. The molecule has 0 aliphatic carbocycles. The summed E-state index contributed by atoms with van der Waals surface area (Å²) in [5, 5.41) is 1.96. The zero-order chi connectivity index (χ0) is 25.3. The van der Waals surface area contributed by atoms with E-state index >= 15 is 0 Å². The number of aryl methyl sites for hydroxylation is 1. The molecule has 13 heteroatoms. The quantitative estimate of drug-likeness (QED) is 0.565. The molecule has 1 saturated heterocycles. The van der Waals surface area contributed by atoms with Crippen LogP contribution in [0.2, 0.25) is 0 Å². The van der Waals surface area contributed by atoms with Crippen LogP contribution in [0.3, 0.4) is 0 Å². The van der Waals surface area contributed by atoms with Gasteiger partial charge in [-0.05, 0) is 61.7 Å². The predicted molar refractivity (Wildman–Crippen MR) is 110 cm³/mol. The number of nitrogens with zero attached hydrogens (tertiary/aromatic N) is 1. The number of ether oxygens (including phenoxy) is 1. The van der Waals surface area contributed by atoms with Gasteiger partial charge in [-0.3, -0.25) is 4.79 Å². The van der Waals surface area contributed by atoms with Gasteiger partial charge in [0.1, 0.15) is 5.75 Å². The Morgan fingerprint density at radius 1 is 0.971 bits per heavy atom. The summed E-state index contributed by atoms with van der Waals surface area (Å²) in [6.45, 7) is 1.66. The molecule has 34 heavy (non-hydrogen) atoms. The molecule has 0 bridgehead atoms. The minimum absolute atomic E-state index is 0.0483. The number of sulfonamides is 1. The van der Waals surface area contributed by atoms with Gasteiger partial charge in [-0.25, -0.2) is 8.42 Å². The molecule has 3 rings (SSSR count). The van der Waals surface area contributed by atoms with Crippen molar-refractivity contribution in [2.45, 2.75) is 37.0 Å². The Kier molecular flexibility index (Phi) is 7.18. The van der Waals surface area contributed by atoms with Crippen LogP contribution in [0.15, 0.2) is 41.3 Å². The summed E-state index contributed by atoms with van der Waals surface area (Å²) in [4.78, 5) is 12.2. The molecule has 2 aromatic carbocycles. The SMILES string of the molecule is Cc1cc(S(=O)(=O)N2CCCC2)ccc1OCC(=O)Nc1cc(C(F)(F)F)cc(C(F)(F)F)c1. The lowest BCUT2D eigenvalue weighted by Gasteiger charge is -2.17. The average molecular weight is 510 g/mol. The summed E-state index contributed by atoms with van der Waals surface area (Å²) in [6, 6.07) is 4.72. The van der Waals surface area contributed by atoms with Gasteiger partial charge in [0.05, 0.1) is 16.0 Å². The van der Waals surface area contributed by atoms with Crippen LogP contribution in [0.4, 0.5) is 32.0 Å². The van der Waals surface area contributed by atoms with Crippen molar-refractivity contribution in [2.24, 2.45) is 0 Å². The molecule has 1 aliphatic rings. The van der Waals surface area contributed by atoms with Crippen molar-refractivity contribution >= 4 is 21.6 Å². The average Bonchev–Trinajstić information content (AvgIpc) is 3.27. The van der Waals surface area contributed by atoms with E-state index in [0.29, 0.717) is 30.8 Å². The topological polar surface area (TPSA) is 75.7 Å². The Hall–Kier alpha value is -2.80. The smallest absolute Gasteiger partial charge is 0.416 e. The van der Waals surface area contributed by atoms with Crippen molar-refractivity contribution in [3.8, 4) is 5.75 Å². The number of carbonyl (C=O) groups is 1. The molecule has 186 valence electrons. The molecule has 6 nitrogen and oxygen atoms in total. The van der Waals surface area contributed by atoms with Crippen LogP contribution in [0.1, 0.15) is 29.5 Å². The third-order valence-corrected chi connectivity index (χ3v) is 6.97. The first-order valence-corrected chi connectivity index (χ1v) is 11.4. The van der Waals surface area contributed by atoms with E-state index in [0.717, 1.165) is 12.8 Å². The van der Waals surface area contributed by atoms with Crippen LogP contribution in [0, 0.1) is 6.92 Å². The first-order valence-electron chi connectivity index (χ1n) is 10.0. The number of carbonyl (C=O) groups excluding carboxylic acids is 1. The fourth-order valence-corrected chi connectivity index (χ4v) is 4.99. The van der Waals surface area contributed by atoms with Crippen molar-refractivity contribution in [3.05, 3.63) is 53.1 Å². The van der Waals surface area contributed by atoms with Crippen LogP contribution in [0.25, 0.3) is 0 Å². The van der Waals surface area contributed by atoms with Crippen LogP contribution in [-0.2, 0) is 27.2 Å². The summed E-state index contributed by atoms with van der Waals surface area (Å²) in [6.07, 6.45) is -8.56. The predicted octanol–water partition coefficient (Wildman–Crippen LogP) is 4.83. The lowest BCUT2D eigenvalue weighted by molar-refractivity contribution is -0.143. The molecule has 0 unspecified atom stereocenters. The molecule has 0 saturated carbocycles. The third-order valence-electron chi connectivity index (χ3n) is 5.08. The lowest BCUT2D eigenvalue weighted by atomic mass is 10.1. The second-order valence-electron chi connectivity index (χ2n) is 7.67. The first-order chi connectivity index (χ1) is 15.7. The number of hydrogen-bond acceptors (Lipinski definition) is 4. The number of halogens is 6. The maximum atomic E-state index is 13.0. The third kappa shape index (κ3) is 6.00. The Morgan fingerprint density at radius 3 is 2.03 bits per heavy atom. The molecule has 0 atom stereocenters. The molecule has 2 aromatic rings. The number of hydrogen-bond donors (Lipinski definition) is 1. The van der Waals surface area contributed by atoms with Crippen LogP contribution >= 0.6 is 0 Å². The van der Waals surface area contributed by atoms with E-state index in [1.54, 1.807) is 6.92 Å². The number of anilines is 1. The standard InChI is InChI=1S/C21H20F6N2O4S/c1-13-8-17(34(31,32)29-6-2-3-7-29)4-5-18(13)33-12-19(30)28-16-10-14(20(22,23)24)9-15(11-16)21(25,26)27/h4-5,8-11H,2-3,6-7,12H2,1H3,(H,28,30). The molecule has 0 spiro atoms. The highest BCUT2D eigenvalue weighted by Gasteiger charge is 2.37. The molecular formula is C21H20F6N2O4S. The van der Waals surface area contributed by atoms with E-state index in [2.05, 4.69) is 0 Å². The Morgan fingerprint density at radius 2 is 1.53 bits per heavy atom. The first kappa shape index (κ1) is 25.8. The van der Waals surface area contributed by atoms with E-state index in [1.165, 1.54) is 22.5 Å². The van der Waals surface area contributed by atoms with Gasteiger partial charge >= 0.3 is 12.4 Å². The molecular weight excluding hydrogens is 490 g/mol. The molecule has 1 amide bonds. The van der Waals surface area contributed by atoms with Crippen molar-refractivity contribution in [3.63, 3.8) is 0 Å². The maximum absolute atomic E-state index is 13.0. The van der Waals surface area contributed by atoms with Gasteiger partial charge in [0.25, 0.3) is 5.91 Å². The normalized spacial score (nSPS) is 15.4. The van der Waals surface area contributed by atoms with Crippen LogP contribution in [-0.4, -0.2) is 38.3 Å². The van der Waals surface area contributed by atoms with E-state index in [9.17, 15) is 39.6 Å². The van der Waals surface area contributed by atoms with Gasteiger partial charge in [-0.15, -0.1) is 0 Å². The van der Waals surface area contributed by atoms with Gasteiger partial charge in [0.15, 0.2) is 6.61 Å². The number of rotatable bonds is 6. The summed E-state index contributed by atoms with van der Waals surface area (Å²) in [5.74, 6) is -0.865. The van der Waals surface area contributed by atoms with E-state index < -0.39 is 51.7 Å². The number of nitrogens with one attached hydrogen (secondary N) is 1. The van der Waals surface area contributed by atoms with Gasteiger partial charge < -0.3 is 10.1 Å². The Balaban J connectivity index is 1.71. The Bertz CT molecular complexity index is 1140. The largest absolute Gasteiger partial charge is 0.483 e. The van der Waals surface area contributed by atoms with Gasteiger partial charge in [0, 0.05) is 18.8 Å². The highest BCUT2D eigenvalue weighted by molar-refractivity contribution is 7.89. The zero-order valence-corrected chi connectivity index (χ0v) is 18.6. The minimum Gasteiger partial charge on any atom is -0.483 e. The lowest BCUT2D eigenvalue weighted by Crippen LogP contribution is -2.28. The summed E-state index contributed by atoms with van der Waals surface area (Å²) in [7, 11) is -3.67. The second kappa shape index (κ2) is 9.45. The van der Waals surface area contributed by atoms with Gasteiger partial charge in [-0.1, -0.05) is 0 Å². The summed E-state index contributed by atoms with van der Waals surface area (Å²) >= 11 is 0. The van der Waals surface area contributed by atoms with Crippen molar-refractivity contribution in [2.75, 3.05) is 25.0 Å². The van der Waals surface area contributed by atoms with Crippen molar-refractivity contribution in [1.29, 1.82) is 0 Å². The van der Waals surface area contributed by atoms with Gasteiger partial charge in [-0.2, -0.15) is 30.6 Å². The van der Waals surface area contributed by atoms with Crippen LogP contribution in [0.5, 0.6) is 5.75 Å². The van der Waals surface area contributed by atoms with E-state index in [-0.39, 0.29) is 16.7 Å². The second-order valence-corrected chi connectivity index (χ2v) is 9.61. The van der Waals surface area contributed by atoms with E-state index in [4.69, 9.17) is 4.74 Å². The molecule has 1 N–H and O–H groups in total. The molecule has 0 aromatic heterocycles. The number of amides is 1. The molecule has 1 fully saturated rings. The maximum Gasteiger partial charge on any atom is 0.416 e. The summed E-state index contributed by atoms with van der Waals surface area (Å²) < 4.78 is 110. The molecule has 0 radical (unpaired) electrons. The highest BCUT2D eigenvalue weighted by atomic mass is 32.2. The highest BCUT2D eigenvalue weighted by Crippen LogP contribution is 2.37. The number of alkyl halides is 6. The molecule has 1 heterocycles. The molecule has 1 aliphatic heterocycles. The van der Waals surface area contributed by atoms with Gasteiger partial charge in [0.2, 0.25) is 10.0 Å². The monoisotopic (exact) mass is 510 g/mol. The van der Waals surface area contributed by atoms with Crippen molar-refractivity contribution < 1.29 is 44.3 Å². The Labute approximate surface area is 191 Å².